The number of rotatable bonds is 6. The van der Waals surface area contributed by atoms with Crippen molar-refractivity contribution in [3.63, 3.8) is 0 Å². The van der Waals surface area contributed by atoms with Gasteiger partial charge in [0.1, 0.15) is 0 Å². The fourth-order valence-corrected chi connectivity index (χ4v) is 7.38. The van der Waals surface area contributed by atoms with Crippen LogP contribution in [-0.4, -0.2) is 19.9 Å². The maximum Gasteiger partial charge on any atom is 0.164 e. The summed E-state index contributed by atoms with van der Waals surface area (Å²) in [5.74, 6) is 1.85. The van der Waals surface area contributed by atoms with Gasteiger partial charge in [-0.2, -0.15) is 0 Å². The van der Waals surface area contributed by atoms with Gasteiger partial charge in [0, 0.05) is 33.8 Å². The lowest BCUT2D eigenvalue weighted by Gasteiger charge is -2.12. The zero-order valence-corrected chi connectivity index (χ0v) is 29.3. The first kappa shape index (κ1) is 31.4. The van der Waals surface area contributed by atoms with Gasteiger partial charge in [-0.05, 0) is 67.6 Å². The third kappa shape index (κ3) is 5.86. The van der Waals surface area contributed by atoms with Gasteiger partial charge in [0.25, 0.3) is 0 Å². The summed E-state index contributed by atoms with van der Waals surface area (Å²) in [6, 6.07) is 65.7. The topological polar surface area (TPSA) is 51.6 Å². The summed E-state index contributed by atoms with van der Waals surface area (Å²) in [5, 5.41) is 6.00. The minimum Gasteiger partial charge on any atom is -0.256 e. The summed E-state index contributed by atoms with van der Waals surface area (Å²) in [5.41, 5.74) is 10.5. The Morgan fingerprint density at radius 1 is 0.278 bits per heavy atom. The Bertz CT molecular complexity index is 2830. The van der Waals surface area contributed by atoms with E-state index in [1.54, 1.807) is 0 Å². The molecule has 0 bridgehead atoms. The van der Waals surface area contributed by atoms with Crippen LogP contribution in [-0.2, 0) is 0 Å². The van der Waals surface area contributed by atoms with Crippen molar-refractivity contribution in [3.8, 4) is 67.5 Å². The molecule has 0 radical (unpaired) electrons. The predicted molar refractivity (Wildman–Crippen MR) is 223 cm³/mol. The van der Waals surface area contributed by atoms with Crippen LogP contribution in [0.4, 0.5) is 0 Å². The van der Waals surface area contributed by atoms with Crippen LogP contribution in [0.15, 0.2) is 194 Å². The molecule has 252 valence electrons. The number of para-hydroxylation sites is 1. The van der Waals surface area contributed by atoms with E-state index in [0.717, 1.165) is 49.8 Å². The molecule has 4 nitrogen and oxygen atoms in total. The van der Waals surface area contributed by atoms with Gasteiger partial charge < -0.3 is 0 Å². The van der Waals surface area contributed by atoms with E-state index in [-0.39, 0.29) is 0 Å². The van der Waals surface area contributed by atoms with E-state index in [1.165, 1.54) is 32.7 Å². The van der Waals surface area contributed by atoms with Crippen molar-refractivity contribution in [1.82, 2.24) is 19.9 Å². The maximum atomic E-state index is 5.10. The highest BCUT2D eigenvalue weighted by Gasteiger charge is 2.15. The zero-order valence-electron chi connectivity index (χ0n) is 29.3. The Morgan fingerprint density at radius 2 is 0.722 bits per heavy atom. The molecular formula is C50H32N4. The Morgan fingerprint density at radius 3 is 1.31 bits per heavy atom. The van der Waals surface area contributed by atoms with Gasteiger partial charge in [-0.25, -0.2) is 15.0 Å². The highest BCUT2D eigenvalue weighted by molar-refractivity contribution is 5.98. The minimum absolute atomic E-state index is 0.613. The van der Waals surface area contributed by atoms with Crippen molar-refractivity contribution in [2.75, 3.05) is 0 Å². The molecule has 10 aromatic rings. The van der Waals surface area contributed by atoms with Crippen molar-refractivity contribution < 1.29 is 0 Å². The molecule has 0 atom stereocenters. The van der Waals surface area contributed by atoms with E-state index in [4.69, 9.17) is 19.9 Å². The summed E-state index contributed by atoms with van der Waals surface area (Å²) < 4.78 is 0. The van der Waals surface area contributed by atoms with E-state index in [2.05, 4.69) is 170 Å². The number of hydrogen-bond acceptors (Lipinski definition) is 4. The Balaban J connectivity index is 1.07. The van der Waals surface area contributed by atoms with Crippen molar-refractivity contribution >= 4 is 32.4 Å². The van der Waals surface area contributed by atoms with Crippen LogP contribution in [0.2, 0.25) is 0 Å². The SMILES string of the molecule is c1cc(-c2cnc3ccccc3c2)cc(-c2nc(-c3ccc(-c4cccc5ccccc45)cc3)nc(-c3ccc(-c4cccc5ccccc45)cc3)n2)c1. The monoisotopic (exact) mass is 688 g/mol. The number of pyridine rings is 1. The summed E-state index contributed by atoms with van der Waals surface area (Å²) in [6.45, 7) is 0. The van der Waals surface area contributed by atoms with Gasteiger partial charge >= 0.3 is 0 Å². The van der Waals surface area contributed by atoms with Crippen molar-refractivity contribution in [1.29, 1.82) is 0 Å². The van der Waals surface area contributed by atoms with Crippen LogP contribution in [0.3, 0.4) is 0 Å². The molecule has 0 N–H and O–H groups in total. The van der Waals surface area contributed by atoms with E-state index >= 15 is 0 Å². The number of hydrogen-bond donors (Lipinski definition) is 0. The second-order valence-corrected chi connectivity index (χ2v) is 13.5. The number of fused-ring (bicyclic) bond motifs is 3. The molecule has 2 aromatic heterocycles. The minimum atomic E-state index is 0.613. The highest BCUT2D eigenvalue weighted by Crippen LogP contribution is 2.34. The van der Waals surface area contributed by atoms with Gasteiger partial charge in [0.2, 0.25) is 0 Å². The molecule has 0 fully saturated rings. The Kier molecular flexibility index (Phi) is 7.77. The molecule has 0 amide bonds. The lowest BCUT2D eigenvalue weighted by Crippen LogP contribution is -2.00. The first-order valence-corrected chi connectivity index (χ1v) is 18.1. The summed E-state index contributed by atoms with van der Waals surface area (Å²) in [4.78, 5) is 20.0. The van der Waals surface area contributed by atoms with Crippen molar-refractivity contribution in [2.45, 2.75) is 0 Å². The van der Waals surface area contributed by atoms with E-state index in [9.17, 15) is 0 Å². The van der Waals surface area contributed by atoms with Gasteiger partial charge in [0.15, 0.2) is 17.5 Å². The summed E-state index contributed by atoms with van der Waals surface area (Å²) in [6.07, 6.45) is 1.93. The molecule has 2 heterocycles. The molecule has 0 aliphatic carbocycles. The third-order valence-corrected chi connectivity index (χ3v) is 10.2. The standard InChI is InChI=1S/C50H32N4/c1-4-17-43-33(10-1)13-8-19-45(43)35-22-26-37(27-23-35)48-52-49(38-28-24-36(25-29-38)46-20-9-14-34-11-2-5-18-44(34)46)54-50(53-48)41-16-7-15-39(30-41)42-31-40-12-3-6-21-47(40)51-32-42/h1-32H. The predicted octanol–water partition coefficient (Wildman–Crippen LogP) is 12.7. The van der Waals surface area contributed by atoms with Crippen LogP contribution < -0.4 is 0 Å². The average molecular weight is 689 g/mol. The fraction of sp³-hybridized carbons (Fsp3) is 0. The fourth-order valence-electron chi connectivity index (χ4n) is 7.38. The van der Waals surface area contributed by atoms with Crippen LogP contribution in [0.25, 0.3) is 100.0 Å². The van der Waals surface area contributed by atoms with Crippen LogP contribution in [0.1, 0.15) is 0 Å². The highest BCUT2D eigenvalue weighted by atomic mass is 15.0. The first-order chi connectivity index (χ1) is 26.7. The smallest absolute Gasteiger partial charge is 0.164 e. The van der Waals surface area contributed by atoms with E-state index < -0.39 is 0 Å². The first-order valence-electron chi connectivity index (χ1n) is 18.1. The second kappa shape index (κ2) is 13.4. The quantitative estimate of drug-likeness (QED) is 0.174. The van der Waals surface area contributed by atoms with Crippen LogP contribution >= 0.6 is 0 Å². The number of benzene rings is 8. The molecule has 0 aliphatic rings. The molecule has 0 aliphatic heterocycles. The molecule has 0 unspecified atom stereocenters. The second-order valence-electron chi connectivity index (χ2n) is 13.5. The van der Waals surface area contributed by atoms with Crippen molar-refractivity contribution in [3.05, 3.63) is 194 Å². The lowest BCUT2D eigenvalue weighted by atomic mass is 9.97. The van der Waals surface area contributed by atoms with Crippen LogP contribution in [0.5, 0.6) is 0 Å². The van der Waals surface area contributed by atoms with Crippen molar-refractivity contribution in [2.24, 2.45) is 0 Å². The molecule has 4 heteroatoms. The molecular weight excluding hydrogens is 657 g/mol. The van der Waals surface area contributed by atoms with Gasteiger partial charge in [0.05, 0.1) is 5.52 Å². The maximum absolute atomic E-state index is 5.10. The molecule has 8 aromatic carbocycles. The summed E-state index contributed by atoms with van der Waals surface area (Å²) >= 11 is 0. The van der Waals surface area contributed by atoms with Gasteiger partial charge in [-0.1, -0.05) is 170 Å². The third-order valence-electron chi connectivity index (χ3n) is 10.2. The van der Waals surface area contributed by atoms with E-state index in [1.807, 2.05) is 24.4 Å². The number of nitrogens with zero attached hydrogens (tertiary/aromatic N) is 4. The molecule has 54 heavy (non-hydrogen) atoms. The molecule has 0 saturated heterocycles. The van der Waals surface area contributed by atoms with Crippen LogP contribution in [0, 0.1) is 0 Å². The lowest BCUT2D eigenvalue weighted by molar-refractivity contribution is 1.07. The molecule has 10 rings (SSSR count). The molecule has 0 saturated carbocycles. The average Bonchev–Trinajstić information content (AvgIpc) is 3.26. The Labute approximate surface area is 313 Å². The normalized spacial score (nSPS) is 11.3. The summed E-state index contributed by atoms with van der Waals surface area (Å²) in [7, 11) is 0. The molecule has 0 spiro atoms. The zero-order chi connectivity index (χ0) is 35.8. The Hall–Kier alpha value is -7.30. The largest absolute Gasteiger partial charge is 0.256 e. The van der Waals surface area contributed by atoms with Gasteiger partial charge in [-0.15, -0.1) is 0 Å². The van der Waals surface area contributed by atoms with Gasteiger partial charge in [-0.3, -0.25) is 4.98 Å². The number of aromatic nitrogens is 4. The van der Waals surface area contributed by atoms with E-state index in [0.29, 0.717) is 17.5 Å².